The lowest BCUT2D eigenvalue weighted by molar-refractivity contribution is -0.121. The van der Waals surface area contributed by atoms with Crippen LogP contribution in [0, 0.1) is 5.82 Å². The predicted octanol–water partition coefficient (Wildman–Crippen LogP) is 3.06. The van der Waals surface area contributed by atoms with E-state index in [1.165, 1.54) is 29.1 Å². The van der Waals surface area contributed by atoms with E-state index in [1.807, 2.05) is 11.4 Å². The van der Waals surface area contributed by atoms with Crippen LogP contribution in [0.5, 0.6) is 0 Å². The molecule has 1 heterocycles. The normalized spacial score (nSPS) is 12.1. The smallest absolute Gasteiger partial charge is 0.220 e. The number of aryl methyl sites for hydroxylation is 1. The van der Waals surface area contributed by atoms with E-state index in [4.69, 9.17) is 0 Å². The van der Waals surface area contributed by atoms with Crippen molar-refractivity contribution in [2.45, 2.75) is 25.4 Å². The number of carbonyl (C=O) groups is 1. The fourth-order valence-corrected chi connectivity index (χ4v) is 2.73. The Labute approximate surface area is 127 Å². The third kappa shape index (κ3) is 5.28. The van der Waals surface area contributed by atoms with E-state index in [0.717, 1.165) is 12.8 Å². The largest absolute Gasteiger partial charge is 0.387 e. The fourth-order valence-electron chi connectivity index (χ4n) is 1.98. The molecule has 2 aromatic rings. The summed E-state index contributed by atoms with van der Waals surface area (Å²) in [4.78, 5) is 13.0. The van der Waals surface area contributed by atoms with Gasteiger partial charge in [-0.25, -0.2) is 4.39 Å². The van der Waals surface area contributed by atoms with Crippen LogP contribution in [0.1, 0.15) is 29.4 Å². The van der Waals surface area contributed by atoms with Crippen LogP contribution in [0.15, 0.2) is 41.8 Å². The number of benzene rings is 1. The third-order valence-electron chi connectivity index (χ3n) is 3.15. The van der Waals surface area contributed by atoms with Gasteiger partial charge in [0.2, 0.25) is 5.91 Å². The number of halogens is 1. The Balaban J connectivity index is 1.67. The molecule has 1 aromatic carbocycles. The molecule has 2 rings (SSSR count). The molecule has 0 aliphatic rings. The van der Waals surface area contributed by atoms with Crippen LogP contribution in [-0.2, 0) is 11.2 Å². The number of nitrogens with one attached hydrogen (secondary N) is 1. The molecular weight excluding hydrogens is 289 g/mol. The maximum atomic E-state index is 12.8. The Morgan fingerprint density at radius 3 is 2.71 bits per heavy atom. The SMILES string of the molecule is O=C(CCCc1cccs1)NCC(O)c1ccc(F)cc1. The van der Waals surface area contributed by atoms with Crippen molar-refractivity contribution in [3.05, 3.63) is 58.0 Å². The molecule has 2 N–H and O–H groups in total. The zero-order valence-electron chi connectivity index (χ0n) is 11.6. The van der Waals surface area contributed by atoms with Crippen LogP contribution in [0.3, 0.4) is 0 Å². The summed E-state index contributed by atoms with van der Waals surface area (Å²) in [6, 6.07) is 9.68. The van der Waals surface area contributed by atoms with E-state index in [1.54, 1.807) is 11.3 Å². The van der Waals surface area contributed by atoms with Gasteiger partial charge in [0.15, 0.2) is 0 Å². The van der Waals surface area contributed by atoms with Gasteiger partial charge in [0.25, 0.3) is 0 Å². The highest BCUT2D eigenvalue weighted by atomic mass is 32.1. The molecule has 1 unspecified atom stereocenters. The number of aliphatic hydroxyl groups is 1. The molecule has 112 valence electrons. The summed E-state index contributed by atoms with van der Waals surface area (Å²) in [5, 5.41) is 14.6. The van der Waals surface area contributed by atoms with Crippen molar-refractivity contribution >= 4 is 17.2 Å². The second kappa shape index (κ2) is 7.90. The molecule has 0 bridgehead atoms. The lowest BCUT2D eigenvalue weighted by Gasteiger charge is -2.12. The Kier molecular flexibility index (Phi) is 5.90. The lowest BCUT2D eigenvalue weighted by atomic mass is 10.1. The molecule has 0 radical (unpaired) electrons. The molecule has 1 amide bonds. The summed E-state index contributed by atoms with van der Waals surface area (Å²) in [6.07, 6.45) is 1.31. The van der Waals surface area contributed by atoms with Gasteiger partial charge in [-0.15, -0.1) is 11.3 Å². The van der Waals surface area contributed by atoms with E-state index in [0.29, 0.717) is 12.0 Å². The highest BCUT2D eigenvalue weighted by molar-refractivity contribution is 7.09. The number of rotatable bonds is 7. The van der Waals surface area contributed by atoms with Crippen molar-refractivity contribution in [1.82, 2.24) is 5.32 Å². The molecular formula is C16H18FNO2S. The van der Waals surface area contributed by atoms with Gasteiger partial charge < -0.3 is 10.4 Å². The minimum absolute atomic E-state index is 0.0762. The second-order valence-corrected chi connectivity index (χ2v) is 5.84. The summed E-state index contributed by atoms with van der Waals surface area (Å²) in [6.45, 7) is 0.142. The quantitative estimate of drug-likeness (QED) is 0.826. The molecule has 0 saturated heterocycles. The molecule has 0 spiro atoms. The van der Waals surface area contributed by atoms with Gasteiger partial charge in [0, 0.05) is 17.8 Å². The van der Waals surface area contributed by atoms with Gasteiger partial charge in [0.05, 0.1) is 6.10 Å². The van der Waals surface area contributed by atoms with Gasteiger partial charge in [0.1, 0.15) is 5.82 Å². The molecule has 0 saturated carbocycles. The zero-order chi connectivity index (χ0) is 15.1. The molecule has 0 fully saturated rings. The lowest BCUT2D eigenvalue weighted by Crippen LogP contribution is -2.28. The first-order valence-electron chi connectivity index (χ1n) is 6.88. The van der Waals surface area contributed by atoms with E-state index < -0.39 is 6.10 Å². The third-order valence-corrected chi connectivity index (χ3v) is 4.09. The Bertz CT molecular complexity index is 554. The first-order chi connectivity index (χ1) is 10.1. The van der Waals surface area contributed by atoms with Crippen LogP contribution in [0.2, 0.25) is 0 Å². The minimum Gasteiger partial charge on any atom is -0.387 e. The van der Waals surface area contributed by atoms with E-state index >= 15 is 0 Å². The molecule has 0 aliphatic heterocycles. The maximum Gasteiger partial charge on any atom is 0.220 e. The highest BCUT2D eigenvalue weighted by Gasteiger charge is 2.09. The molecule has 21 heavy (non-hydrogen) atoms. The van der Waals surface area contributed by atoms with Gasteiger partial charge in [-0.1, -0.05) is 18.2 Å². The Morgan fingerprint density at radius 2 is 2.05 bits per heavy atom. The van der Waals surface area contributed by atoms with Crippen LogP contribution < -0.4 is 5.32 Å². The standard InChI is InChI=1S/C16H18FNO2S/c17-13-8-6-12(7-9-13)15(19)11-18-16(20)5-1-3-14-4-2-10-21-14/h2,4,6-10,15,19H,1,3,5,11H2,(H,18,20). The average molecular weight is 307 g/mol. The summed E-state index contributed by atoms with van der Waals surface area (Å²) in [5.41, 5.74) is 0.593. The Hall–Kier alpha value is -1.72. The van der Waals surface area contributed by atoms with Crippen molar-refractivity contribution < 1.29 is 14.3 Å². The fraction of sp³-hybridized carbons (Fsp3) is 0.312. The van der Waals surface area contributed by atoms with Crippen LogP contribution >= 0.6 is 11.3 Å². The van der Waals surface area contributed by atoms with Crippen molar-refractivity contribution in [1.29, 1.82) is 0 Å². The summed E-state index contributed by atoms with van der Waals surface area (Å²) >= 11 is 1.69. The monoisotopic (exact) mass is 307 g/mol. The van der Waals surface area contributed by atoms with Crippen molar-refractivity contribution in [2.75, 3.05) is 6.54 Å². The number of carbonyl (C=O) groups excluding carboxylic acids is 1. The Morgan fingerprint density at radius 1 is 1.29 bits per heavy atom. The number of amides is 1. The van der Waals surface area contributed by atoms with E-state index in [2.05, 4.69) is 11.4 Å². The molecule has 1 atom stereocenters. The molecule has 3 nitrogen and oxygen atoms in total. The molecule has 0 aliphatic carbocycles. The highest BCUT2D eigenvalue weighted by Crippen LogP contribution is 2.13. The van der Waals surface area contributed by atoms with Crippen LogP contribution in [0.25, 0.3) is 0 Å². The van der Waals surface area contributed by atoms with Crippen molar-refractivity contribution in [3.8, 4) is 0 Å². The predicted molar refractivity (Wildman–Crippen MR) is 81.6 cm³/mol. The van der Waals surface area contributed by atoms with Gasteiger partial charge >= 0.3 is 0 Å². The average Bonchev–Trinajstić information content (AvgIpc) is 2.99. The molecule has 5 heteroatoms. The van der Waals surface area contributed by atoms with Gasteiger partial charge in [-0.05, 0) is 42.0 Å². The van der Waals surface area contributed by atoms with Crippen molar-refractivity contribution in [3.63, 3.8) is 0 Å². The first kappa shape index (κ1) is 15.7. The number of hydrogen-bond acceptors (Lipinski definition) is 3. The van der Waals surface area contributed by atoms with E-state index in [-0.39, 0.29) is 18.3 Å². The summed E-state index contributed by atoms with van der Waals surface area (Å²) < 4.78 is 12.8. The van der Waals surface area contributed by atoms with Crippen molar-refractivity contribution in [2.24, 2.45) is 0 Å². The zero-order valence-corrected chi connectivity index (χ0v) is 12.4. The van der Waals surface area contributed by atoms with E-state index in [9.17, 15) is 14.3 Å². The van der Waals surface area contributed by atoms with Crippen LogP contribution in [0.4, 0.5) is 4.39 Å². The second-order valence-electron chi connectivity index (χ2n) is 4.80. The number of aliphatic hydroxyl groups excluding tert-OH is 1. The first-order valence-corrected chi connectivity index (χ1v) is 7.76. The van der Waals surface area contributed by atoms with Gasteiger partial charge in [-0.3, -0.25) is 4.79 Å². The van der Waals surface area contributed by atoms with Crippen LogP contribution in [-0.4, -0.2) is 17.6 Å². The summed E-state index contributed by atoms with van der Waals surface area (Å²) in [5.74, 6) is -0.420. The number of hydrogen-bond donors (Lipinski definition) is 2. The maximum absolute atomic E-state index is 12.8. The van der Waals surface area contributed by atoms with Gasteiger partial charge in [-0.2, -0.15) is 0 Å². The minimum atomic E-state index is -0.813. The molecule has 1 aromatic heterocycles. The topological polar surface area (TPSA) is 49.3 Å². The number of thiophene rings is 1. The summed E-state index contributed by atoms with van der Waals surface area (Å²) in [7, 11) is 0.